The van der Waals surface area contributed by atoms with Gasteiger partial charge in [0.15, 0.2) is 0 Å². The molecule has 4 heteroatoms. The second-order valence-corrected chi connectivity index (χ2v) is 7.70. The number of hydrogen-bond acceptors (Lipinski definition) is 3. The van der Waals surface area contributed by atoms with Gasteiger partial charge in [-0.3, -0.25) is 4.79 Å². The highest BCUT2D eigenvalue weighted by Crippen LogP contribution is 2.41. The fraction of sp³-hybridized carbons (Fsp3) is 0.435. The summed E-state index contributed by atoms with van der Waals surface area (Å²) < 4.78 is 5.26. The van der Waals surface area contributed by atoms with Crippen LogP contribution in [0.15, 0.2) is 54.6 Å². The monoisotopic (exact) mass is 367 g/mol. The number of methoxy groups -OCH3 is 1. The second-order valence-electron chi connectivity index (χ2n) is 7.70. The number of benzene rings is 2. The van der Waals surface area contributed by atoms with E-state index in [9.17, 15) is 9.90 Å². The van der Waals surface area contributed by atoms with Crippen LogP contribution < -0.4 is 4.74 Å². The third-order valence-corrected chi connectivity index (χ3v) is 5.85. The Morgan fingerprint density at radius 1 is 1.11 bits per heavy atom. The number of aliphatic hydroxyl groups excluding tert-OH is 1. The Hall–Kier alpha value is -2.33. The molecule has 3 rings (SSSR count). The minimum Gasteiger partial charge on any atom is -0.497 e. The van der Waals surface area contributed by atoms with Gasteiger partial charge in [-0.25, -0.2) is 0 Å². The Bertz CT molecular complexity index is 732. The predicted molar refractivity (Wildman–Crippen MR) is 107 cm³/mol. The standard InChI is InChI=1S/C23H29NO3/c1-24(16-23(17-25)13-6-14-23)22(26)15-21(18-7-4-3-5-8-18)19-9-11-20(27-2)12-10-19/h3-5,7-12,21,25H,6,13-17H2,1-2H3. The van der Waals surface area contributed by atoms with Crippen molar-refractivity contribution < 1.29 is 14.6 Å². The van der Waals surface area contributed by atoms with E-state index in [1.54, 1.807) is 12.0 Å². The van der Waals surface area contributed by atoms with Crippen molar-refractivity contribution in [2.24, 2.45) is 5.41 Å². The molecule has 0 heterocycles. The zero-order chi connectivity index (χ0) is 19.3. The second kappa shape index (κ2) is 8.57. The highest BCUT2D eigenvalue weighted by Gasteiger charge is 2.38. The highest BCUT2D eigenvalue weighted by atomic mass is 16.5. The van der Waals surface area contributed by atoms with Crippen molar-refractivity contribution in [2.45, 2.75) is 31.6 Å². The molecule has 0 spiro atoms. The van der Waals surface area contributed by atoms with Gasteiger partial charge in [0.1, 0.15) is 5.75 Å². The molecule has 1 atom stereocenters. The molecule has 2 aromatic carbocycles. The van der Waals surface area contributed by atoms with E-state index in [1.165, 1.54) is 0 Å². The fourth-order valence-electron chi connectivity index (χ4n) is 3.91. The molecule has 2 aromatic rings. The number of hydrogen-bond donors (Lipinski definition) is 1. The Kier molecular flexibility index (Phi) is 6.17. The van der Waals surface area contributed by atoms with Crippen molar-refractivity contribution in [3.63, 3.8) is 0 Å². The molecule has 1 aliphatic rings. The lowest BCUT2D eigenvalue weighted by atomic mass is 9.69. The van der Waals surface area contributed by atoms with Crippen LogP contribution in [0.25, 0.3) is 0 Å². The molecule has 0 aromatic heterocycles. The van der Waals surface area contributed by atoms with E-state index in [2.05, 4.69) is 12.1 Å². The lowest BCUT2D eigenvalue weighted by molar-refractivity contribution is -0.133. The van der Waals surface area contributed by atoms with Crippen molar-refractivity contribution >= 4 is 5.91 Å². The van der Waals surface area contributed by atoms with Crippen LogP contribution in [0.3, 0.4) is 0 Å². The minimum absolute atomic E-state index is 0.00137. The SMILES string of the molecule is COc1ccc(C(CC(=O)N(C)CC2(CO)CCC2)c2ccccc2)cc1. The van der Waals surface area contributed by atoms with Gasteiger partial charge in [0.2, 0.25) is 5.91 Å². The van der Waals surface area contributed by atoms with Crippen LogP contribution >= 0.6 is 0 Å². The van der Waals surface area contributed by atoms with Crippen molar-refractivity contribution in [3.8, 4) is 5.75 Å². The zero-order valence-electron chi connectivity index (χ0n) is 16.2. The molecule has 0 aliphatic heterocycles. The molecular formula is C23H29NO3. The number of nitrogens with zero attached hydrogens (tertiary/aromatic N) is 1. The normalized spacial score (nSPS) is 16.3. The van der Waals surface area contributed by atoms with Gasteiger partial charge < -0.3 is 14.7 Å². The highest BCUT2D eigenvalue weighted by molar-refractivity contribution is 5.77. The Labute approximate surface area is 161 Å². The average molecular weight is 367 g/mol. The maximum Gasteiger partial charge on any atom is 0.223 e. The van der Waals surface area contributed by atoms with Gasteiger partial charge in [0.05, 0.1) is 13.7 Å². The largest absolute Gasteiger partial charge is 0.497 e. The molecule has 0 radical (unpaired) electrons. The van der Waals surface area contributed by atoms with Crippen LogP contribution in [0.4, 0.5) is 0 Å². The van der Waals surface area contributed by atoms with Gasteiger partial charge >= 0.3 is 0 Å². The Morgan fingerprint density at radius 3 is 2.26 bits per heavy atom. The summed E-state index contributed by atoms with van der Waals surface area (Å²) in [6.07, 6.45) is 3.55. The van der Waals surface area contributed by atoms with Gasteiger partial charge in [0, 0.05) is 31.3 Å². The summed E-state index contributed by atoms with van der Waals surface area (Å²) in [6.45, 7) is 0.789. The number of carbonyl (C=O) groups is 1. The molecule has 1 N–H and O–H groups in total. The number of aliphatic hydroxyl groups is 1. The van der Waals surface area contributed by atoms with Crippen LogP contribution in [0.2, 0.25) is 0 Å². The molecule has 1 amide bonds. The van der Waals surface area contributed by atoms with E-state index in [4.69, 9.17) is 4.74 Å². The third-order valence-electron chi connectivity index (χ3n) is 5.85. The minimum atomic E-state index is -0.0905. The number of carbonyl (C=O) groups excluding carboxylic acids is 1. The third kappa shape index (κ3) is 4.51. The molecule has 0 saturated heterocycles. The average Bonchev–Trinajstić information content (AvgIpc) is 2.69. The quantitative estimate of drug-likeness (QED) is 0.771. The maximum absolute atomic E-state index is 13.0. The fourth-order valence-corrected chi connectivity index (χ4v) is 3.91. The van der Waals surface area contributed by atoms with E-state index >= 15 is 0 Å². The maximum atomic E-state index is 13.0. The van der Waals surface area contributed by atoms with E-state index in [1.807, 2.05) is 49.5 Å². The van der Waals surface area contributed by atoms with E-state index in [0.717, 1.165) is 36.1 Å². The van der Waals surface area contributed by atoms with Crippen molar-refractivity contribution in [1.29, 1.82) is 0 Å². The van der Waals surface area contributed by atoms with Gasteiger partial charge in [-0.15, -0.1) is 0 Å². The lowest BCUT2D eigenvalue weighted by Crippen LogP contribution is -2.45. The zero-order valence-corrected chi connectivity index (χ0v) is 16.2. The molecule has 27 heavy (non-hydrogen) atoms. The predicted octanol–water partition coefficient (Wildman–Crippen LogP) is 3.84. The van der Waals surface area contributed by atoms with Crippen LogP contribution in [0, 0.1) is 5.41 Å². The van der Waals surface area contributed by atoms with E-state index in [-0.39, 0.29) is 23.8 Å². The van der Waals surface area contributed by atoms with Crippen molar-refractivity contribution in [2.75, 3.05) is 27.3 Å². The first kappa shape index (κ1) is 19.4. The Morgan fingerprint density at radius 2 is 1.74 bits per heavy atom. The van der Waals surface area contributed by atoms with Gasteiger partial charge in [-0.05, 0) is 36.1 Å². The van der Waals surface area contributed by atoms with Crippen molar-refractivity contribution in [3.05, 3.63) is 65.7 Å². The number of amides is 1. The molecule has 0 bridgehead atoms. The number of ether oxygens (including phenoxy) is 1. The summed E-state index contributed by atoms with van der Waals surface area (Å²) in [7, 11) is 3.51. The summed E-state index contributed by atoms with van der Waals surface area (Å²) in [6, 6.07) is 18.1. The van der Waals surface area contributed by atoms with E-state index in [0.29, 0.717) is 13.0 Å². The van der Waals surface area contributed by atoms with Crippen molar-refractivity contribution in [1.82, 2.24) is 4.90 Å². The molecule has 1 saturated carbocycles. The summed E-state index contributed by atoms with van der Waals surface area (Å²) in [5, 5.41) is 9.70. The summed E-state index contributed by atoms with van der Waals surface area (Å²) >= 11 is 0. The Balaban J connectivity index is 1.77. The lowest BCUT2D eigenvalue weighted by Gasteiger charge is -2.43. The van der Waals surface area contributed by atoms with Crippen LogP contribution in [-0.2, 0) is 4.79 Å². The van der Waals surface area contributed by atoms with Gasteiger partial charge in [-0.1, -0.05) is 48.9 Å². The summed E-state index contributed by atoms with van der Waals surface area (Å²) in [4.78, 5) is 14.8. The molecule has 1 aliphatic carbocycles. The molecule has 4 nitrogen and oxygen atoms in total. The van der Waals surface area contributed by atoms with Gasteiger partial charge in [-0.2, -0.15) is 0 Å². The smallest absolute Gasteiger partial charge is 0.223 e. The van der Waals surface area contributed by atoms with E-state index < -0.39 is 0 Å². The molecule has 144 valence electrons. The van der Waals surface area contributed by atoms with Crippen LogP contribution in [0.1, 0.15) is 42.7 Å². The molecule has 1 unspecified atom stereocenters. The first-order valence-electron chi connectivity index (χ1n) is 9.61. The summed E-state index contributed by atoms with van der Waals surface area (Å²) in [5.41, 5.74) is 2.14. The first-order chi connectivity index (χ1) is 13.1. The topological polar surface area (TPSA) is 49.8 Å². The summed E-state index contributed by atoms with van der Waals surface area (Å²) in [5.74, 6) is 0.918. The van der Waals surface area contributed by atoms with Crippen LogP contribution in [-0.4, -0.2) is 43.2 Å². The first-order valence-corrected chi connectivity index (χ1v) is 9.61. The molecule has 1 fully saturated rings. The number of rotatable bonds is 8. The van der Waals surface area contributed by atoms with Crippen LogP contribution in [0.5, 0.6) is 5.75 Å². The molecular weight excluding hydrogens is 338 g/mol. The van der Waals surface area contributed by atoms with Gasteiger partial charge in [0.25, 0.3) is 0 Å².